The molecule has 0 bridgehead atoms. The van der Waals surface area contributed by atoms with Gasteiger partial charge in [-0.15, -0.1) is 34.0 Å². The third-order valence-corrected chi connectivity index (χ3v) is 7.81. The molecule has 0 aliphatic heterocycles. The Hall–Kier alpha value is -2.40. The number of aromatic hydroxyl groups is 1. The van der Waals surface area contributed by atoms with Crippen LogP contribution in [0.25, 0.3) is 40.7 Å². The van der Waals surface area contributed by atoms with Crippen LogP contribution in [0, 0.1) is 0 Å². The van der Waals surface area contributed by atoms with Gasteiger partial charge in [0.1, 0.15) is 5.75 Å². The molecule has 0 saturated carbocycles. The normalized spacial score (nSPS) is 11.2. The number of hydrogen-bond donors (Lipinski definition) is 1. The minimum atomic E-state index is 0.308. The molecule has 1 nitrogen and oxygen atoms in total. The predicted octanol–water partition coefficient (Wildman–Crippen LogP) is 7.73. The summed E-state index contributed by atoms with van der Waals surface area (Å²) in [5.74, 6) is 0.308. The van der Waals surface area contributed by atoms with Crippen molar-refractivity contribution < 1.29 is 5.11 Å². The Bertz CT molecular complexity index is 1200. The second kappa shape index (κ2) is 6.40. The van der Waals surface area contributed by atoms with E-state index < -0.39 is 0 Å². The van der Waals surface area contributed by atoms with Crippen molar-refractivity contribution in [1.29, 1.82) is 0 Å². The number of benzene rings is 2. The summed E-state index contributed by atoms with van der Waals surface area (Å²) in [6.07, 6.45) is 0. The van der Waals surface area contributed by atoms with Gasteiger partial charge >= 0.3 is 0 Å². The molecule has 1 N–H and O–H groups in total. The van der Waals surface area contributed by atoms with Gasteiger partial charge in [-0.05, 0) is 70.2 Å². The van der Waals surface area contributed by atoms with Gasteiger partial charge in [0, 0.05) is 24.4 Å². The second-order valence-corrected chi connectivity index (χ2v) is 9.17. The van der Waals surface area contributed by atoms with Crippen LogP contribution in [0.15, 0.2) is 78.2 Å². The van der Waals surface area contributed by atoms with E-state index >= 15 is 0 Å². The Morgan fingerprint density at radius 3 is 2.00 bits per heavy atom. The molecule has 5 rings (SSSR count). The largest absolute Gasteiger partial charge is 0.508 e. The highest BCUT2D eigenvalue weighted by molar-refractivity contribution is 7.27. The zero-order valence-corrected chi connectivity index (χ0v) is 16.1. The number of phenols is 1. The van der Waals surface area contributed by atoms with Gasteiger partial charge in [-0.25, -0.2) is 0 Å². The maximum Gasteiger partial charge on any atom is 0.116 e. The fraction of sp³-hybridized carbons (Fsp3) is 0. The van der Waals surface area contributed by atoms with Crippen molar-refractivity contribution in [3.8, 4) is 35.7 Å². The van der Waals surface area contributed by atoms with Gasteiger partial charge in [0.05, 0.1) is 0 Å². The van der Waals surface area contributed by atoms with Gasteiger partial charge in [-0.2, -0.15) is 0 Å². The van der Waals surface area contributed by atoms with Gasteiger partial charge in [0.15, 0.2) is 0 Å². The molecule has 0 saturated heterocycles. The fourth-order valence-electron chi connectivity index (χ4n) is 3.03. The van der Waals surface area contributed by atoms with Crippen LogP contribution >= 0.6 is 34.0 Å². The Labute approximate surface area is 163 Å². The second-order valence-electron chi connectivity index (χ2n) is 6.05. The number of phenolic OH excluding ortho intramolecular Hbond substituents is 1. The van der Waals surface area contributed by atoms with E-state index in [0.717, 1.165) is 10.8 Å². The summed E-state index contributed by atoms with van der Waals surface area (Å²) < 4.78 is 0. The molecule has 0 spiro atoms. The maximum absolute atomic E-state index is 9.62. The van der Waals surface area contributed by atoms with Crippen LogP contribution in [0.5, 0.6) is 5.75 Å². The molecule has 5 aromatic rings. The van der Waals surface area contributed by atoms with Gasteiger partial charge < -0.3 is 5.11 Å². The molecular weight excluding hydrogens is 376 g/mol. The van der Waals surface area contributed by atoms with E-state index in [0.29, 0.717) is 5.75 Å². The first-order valence-electron chi connectivity index (χ1n) is 8.23. The Morgan fingerprint density at radius 1 is 0.577 bits per heavy atom. The first kappa shape index (κ1) is 15.8. The van der Waals surface area contributed by atoms with Crippen LogP contribution in [0.1, 0.15) is 0 Å². The maximum atomic E-state index is 9.62. The van der Waals surface area contributed by atoms with E-state index in [1.54, 1.807) is 23.5 Å². The lowest BCUT2D eigenvalue weighted by Crippen LogP contribution is -1.75. The molecular formula is C22H14OS3. The van der Waals surface area contributed by atoms with Crippen LogP contribution < -0.4 is 0 Å². The molecule has 4 heteroatoms. The zero-order chi connectivity index (χ0) is 17.5. The Kier molecular flexibility index (Phi) is 3.89. The minimum Gasteiger partial charge on any atom is -0.508 e. The van der Waals surface area contributed by atoms with Crippen molar-refractivity contribution in [2.24, 2.45) is 0 Å². The molecule has 26 heavy (non-hydrogen) atoms. The summed E-state index contributed by atoms with van der Waals surface area (Å²) >= 11 is 5.46. The predicted molar refractivity (Wildman–Crippen MR) is 116 cm³/mol. The van der Waals surface area contributed by atoms with Crippen LogP contribution in [0.2, 0.25) is 0 Å². The van der Waals surface area contributed by atoms with Gasteiger partial charge in [-0.1, -0.05) is 24.3 Å². The summed E-state index contributed by atoms with van der Waals surface area (Å²) in [6.45, 7) is 0. The van der Waals surface area contributed by atoms with E-state index in [1.165, 1.54) is 29.9 Å². The molecule has 0 aliphatic rings. The lowest BCUT2D eigenvalue weighted by atomic mass is 10.1. The van der Waals surface area contributed by atoms with Gasteiger partial charge in [0.25, 0.3) is 0 Å². The SMILES string of the molecule is Oc1ccc2cc(-c3ccc(-c4ccc(-c5cccs5)s4)s3)ccc2c1. The lowest BCUT2D eigenvalue weighted by Gasteiger charge is -2.02. The van der Waals surface area contributed by atoms with Gasteiger partial charge in [0.2, 0.25) is 0 Å². The van der Waals surface area contributed by atoms with Crippen LogP contribution in [-0.4, -0.2) is 5.11 Å². The monoisotopic (exact) mass is 390 g/mol. The topological polar surface area (TPSA) is 20.2 Å². The standard InChI is InChI=1S/C22H14OS3/c23-17-6-5-14-12-16(4-3-15(14)13-17)18-7-8-21(25-18)22-10-9-20(26-22)19-2-1-11-24-19/h1-13,23H. The summed E-state index contributed by atoms with van der Waals surface area (Å²) in [4.78, 5) is 6.54. The Balaban J connectivity index is 1.49. The number of thiophene rings is 3. The van der Waals surface area contributed by atoms with Crippen LogP contribution in [0.4, 0.5) is 0 Å². The summed E-state index contributed by atoms with van der Waals surface area (Å²) in [5.41, 5.74) is 1.22. The van der Waals surface area contributed by atoms with E-state index in [2.05, 4.69) is 60.0 Å². The summed E-state index contributed by atoms with van der Waals surface area (Å²) in [6, 6.07) is 25.0. The first-order chi connectivity index (χ1) is 12.8. The van der Waals surface area contributed by atoms with E-state index in [-0.39, 0.29) is 0 Å². The van der Waals surface area contributed by atoms with Gasteiger partial charge in [-0.3, -0.25) is 0 Å². The van der Waals surface area contributed by atoms with E-state index in [1.807, 2.05) is 28.7 Å². The fourth-order valence-corrected chi connectivity index (χ4v) is 5.97. The molecule has 0 atom stereocenters. The van der Waals surface area contributed by atoms with Crippen LogP contribution in [0.3, 0.4) is 0 Å². The first-order valence-corrected chi connectivity index (χ1v) is 10.7. The Morgan fingerprint density at radius 2 is 1.23 bits per heavy atom. The van der Waals surface area contributed by atoms with E-state index in [4.69, 9.17) is 0 Å². The molecule has 2 aromatic carbocycles. The number of fused-ring (bicyclic) bond motifs is 1. The summed E-state index contributed by atoms with van der Waals surface area (Å²) in [7, 11) is 0. The smallest absolute Gasteiger partial charge is 0.116 e. The molecule has 0 radical (unpaired) electrons. The molecule has 0 fully saturated rings. The highest BCUT2D eigenvalue weighted by Gasteiger charge is 2.10. The summed E-state index contributed by atoms with van der Waals surface area (Å²) in [5, 5.41) is 13.9. The molecule has 3 heterocycles. The molecule has 0 unspecified atom stereocenters. The third-order valence-electron chi connectivity index (χ3n) is 4.33. The molecule has 0 aliphatic carbocycles. The molecule has 0 amide bonds. The van der Waals surface area contributed by atoms with Crippen molar-refractivity contribution in [3.05, 3.63) is 78.2 Å². The minimum absolute atomic E-state index is 0.308. The third kappa shape index (κ3) is 2.86. The van der Waals surface area contributed by atoms with Crippen molar-refractivity contribution in [2.75, 3.05) is 0 Å². The zero-order valence-electron chi connectivity index (χ0n) is 13.7. The quantitative estimate of drug-likeness (QED) is 0.334. The molecule has 3 aromatic heterocycles. The van der Waals surface area contributed by atoms with Crippen molar-refractivity contribution in [1.82, 2.24) is 0 Å². The van der Waals surface area contributed by atoms with Crippen molar-refractivity contribution in [3.63, 3.8) is 0 Å². The van der Waals surface area contributed by atoms with E-state index in [9.17, 15) is 5.11 Å². The van der Waals surface area contributed by atoms with Crippen LogP contribution in [-0.2, 0) is 0 Å². The molecule has 126 valence electrons. The van der Waals surface area contributed by atoms with Crippen molar-refractivity contribution >= 4 is 44.8 Å². The number of rotatable bonds is 3. The average molecular weight is 391 g/mol. The number of hydrogen-bond acceptors (Lipinski definition) is 4. The lowest BCUT2D eigenvalue weighted by molar-refractivity contribution is 0.476. The average Bonchev–Trinajstić information content (AvgIpc) is 3.40. The highest BCUT2D eigenvalue weighted by Crippen LogP contribution is 2.41. The van der Waals surface area contributed by atoms with Crippen molar-refractivity contribution in [2.45, 2.75) is 0 Å². The highest BCUT2D eigenvalue weighted by atomic mass is 32.1.